The van der Waals surface area contributed by atoms with Gasteiger partial charge in [0, 0.05) is 12.6 Å². The van der Waals surface area contributed by atoms with Crippen LogP contribution in [0.1, 0.15) is 11.1 Å². The van der Waals surface area contributed by atoms with Crippen LogP contribution in [0.15, 0.2) is 29.4 Å². The molecule has 0 spiro atoms. The van der Waals surface area contributed by atoms with Crippen LogP contribution >= 0.6 is 12.2 Å². The molecule has 0 aromatic heterocycles. The van der Waals surface area contributed by atoms with Gasteiger partial charge in [-0.05, 0) is 24.7 Å². The molecule has 0 aliphatic carbocycles. The summed E-state index contributed by atoms with van der Waals surface area (Å²) < 4.78 is 0. The van der Waals surface area contributed by atoms with E-state index < -0.39 is 0 Å². The maximum atomic E-state index is 5.20. The summed E-state index contributed by atoms with van der Waals surface area (Å²) in [5, 5.41) is 4.03. The van der Waals surface area contributed by atoms with Gasteiger partial charge < -0.3 is 5.73 Å². The maximum Gasteiger partial charge on any atom is 0.184 e. The quantitative estimate of drug-likeness (QED) is 0.447. The number of nitrogens with zero attached hydrogens (tertiary/aromatic N) is 1. The van der Waals surface area contributed by atoms with Crippen LogP contribution in [-0.2, 0) is 6.42 Å². The molecule has 0 atom stereocenters. The zero-order valence-electron chi connectivity index (χ0n) is 8.03. The number of hydrazone groups is 1. The van der Waals surface area contributed by atoms with E-state index in [1.165, 1.54) is 11.1 Å². The first-order valence-corrected chi connectivity index (χ1v) is 4.72. The molecular formula is C10H13N3S. The Kier molecular flexibility index (Phi) is 4.07. The minimum absolute atomic E-state index is 0.185. The first-order valence-electron chi connectivity index (χ1n) is 4.31. The second-order valence-corrected chi connectivity index (χ2v) is 3.42. The van der Waals surface area contributed by atoms with Gasteiger partial charge in [0.05, 0.1) is 0 Å². The Bertz CT molecular complexity index is 330. The Balaban J connectivity index is 2.42. The van der Waals surface area contributed by atoms with Gasteiger partial charge in [-0.1, -0.05) is 29.8 Å². The van der Waals surface area contributed by atoms with Crippen molar-refractivity contribution >= 4 is 23.5 Å². The molecule has 0 unspecified atom stereocenters. The van der Waals surface area contributed by atoms with Gasteiger partial charge in [-0.2, -0.15) is 5.10 Å². The standard InChI is InChI=1S/C10H13N3S/c1-8-2-4-9(5-3-8)6-7-12-13-10(11)14/h2-5,7H,6H2,1H3,(H3,11,13,14). The van der Waals surface area contributed by atoms with Crippen LogP contribution in [0.3, 0.4) is 0 Å². The highest BCUT2D eigenvalue weighted by Gasteiger charge is 1.88. The summed E-state index contributed by atoms with van der Waals surface area (Å²) in [5.74, 6) is 0. The van der Waals surface area contributed by atoms with E-state index in [9.17, 15) is 0 Å². The predicted molar refractivity (Wildman–Crippen MR) is 63.3 cm³/mol. The molecule has 0 saturated carbocycles. The lowest BCUT2D eigenvalue weighted by Crippen LogP contribution is -2.24. The summed E-state index contributed by atoms with van der Waals surface area (Å²) in [6, 6.07) is 8.29. The lowest BCUT2D eigenvalue weighted by molar-refractivity contribution is 1.03. The van der Waals surface area contributed by atoms with E-state index in [1.54, 1.807) is 6.21 Å². The highest BCUT2D eigenvalue weighted by molar-refractivity contribution is 7.80. The van der Waals surface area contributed by atoms with Crippen molar-refractivity contribution in [1.82, 2.24) is 5.43 Å². The van der Waals surface area contributed by atoms with Crippen molar-refractivity contribution in [2.45, 2.75) is 13.3 Å². The molecule has 3 N–H and O–H groups in total. The molecule has 4 heteroatoms. The molecule has 0 aliphatic rings. The Morgan fingerprint density at radius 3 is 2.71 bits per heavy atom. The smallest absolute Gasteiger partial charge is 0.184 e. The second kappa shape index (κ2) is 5.34. The van der Waals surface area contributed by atoms with E-state index in [0.29, 0.717) is 0 Å². The number of thiocarbonyl (C=S) groups is 1. The van der Waals surface area contributed by atoms with Crippen molar-refractivity contribution in [2.75, 3.05) is 0 Å². The second-order valence-electron chi connectivity index (χ2n) is 2.98. The highest BCUT2D eigenvalue weighted by atomic mass is 32.1. The van der Waals surface area contributed by atoms with Gasteiger partial charge in [0.15, 0.2) is 5.11 Å². The number of nitrogens with two attached hydrogens (primary N) is 1. The van der Waals surface area contributed by atoms with Crippen LogP contribution < -0.4 is 11.2 Å². The summed E-state index contributed by atoms with van der Waals surface area (Å²) in [5.41, 5.74) is 10.2. The lowest BCUT2D eigenvalue weighted by atomic mass is 10.1. The van der Waals surface area contributed by atoms with Crippen molar-refractivity contribution < 1.29 is 0 Å². The van der Waals surface area contributed by atoms with E-state index in [-0.39, 0.29) is 5.11 Å². The van der Waals surface area contributed by atoms with Crippen LogP contribution in [0.5, 0.6) is 0 Å². The average molecular weight is 207 g/mol. The highest BCUT2D eigenvalue weighted by Crippen LogP contribution is 2.02. The minimum atomic E-state index is 0.185. The number of hydrogen-bond donors (Lipinski definition) is 2. The summed E-state index contributed by atoms with van der Waals surface area (Å²) in [4.78, 5) is 0. The molecule has 0 bridgehead atoms. The molecule has 0 heterocycles. The Hall–Kier alpha value is -1.42. The minimum Gasteiger partial charge on any atom is -0.375 e. The molecule has 0 saturated heterocycles. The van der Waals surface area contributed by atoms with E-state index >= 15 is 0 Å². The van der Waals surface area contributed by atoms with Crippen molar-refractivity contribution in [1.29, 1.82) is 0 Å². The number of benzene rings is 1. The van der Waals surface area contributed by atoms with Gasteiger partial charge in [-0.3, -0.25) is 5.43 Å². The van der Waals surface area contributed by atoms with Crippen LogP contribution in [0.2, 0.25) is 0 Å². The van der Waals surface area contributed by atoms with E-state index in [0.717, 1.165) is 6.42 Å². The number of rotatable bonds is 3. The van der Waals surface area contributed by atoms with Crippen LogP contribution in [0, 0.1) is 6.92 Å². The molecule has 1 aromatic carbocycles. The fourth-order valence-corrected chi connectivity index (χ4v) is 1.04. The summed E-state index contributed by atoms with van der Waals surface area (Å²) in [6.07, 6.45) is 2.51. The van der Waals surface area contributed by atoms with Crippen molar-refractivity contribution in [3.05, 3.63) is 35.4 Å². The van der Waals surface area contributed by atoms with E-state index in [2.05, 4.69) is 53.9 Å². The maximum absolute atomic E-state index is 5.20. The van der Waals surface area contributed by atoms with Crippen LogP contribution in [0.25, 0.3) is 0 Å². The van der Waals surface area contributed by atoms with Crippen molar-refractivity contribution in [2.24, 2.45) is 10.8 Å². The third-order valence-corrected chi connectivity index (χ3v) is 1.80. The zero-order chi connectivity index (χ0) is 10.4. The normalized spacial score (nSPS) is 10.4. The van der Waals surface area contributed by atoms with Gasteiger partial charge in [0.1, 0.15) is 0 Å². The Morgan fingerprint density at radius 2 is 2.14 bits per heavy atom. The monoisotopic (exact) mass is 207 g/mol. The third-order valence-electron chi connectivity index (χ3n) is 1.71. The molecule has 1 aromatic rings. The van der Waals surface area contributed by atoms with Gasteiger partial charge in [0.2, 0.25) is 0 Å². The molecule has 14 heavy (non-hydrogen) atoms. The molecule has 0 aliphatic heterocycles. The Morgan fingerprint density at radius 1 is 1.50 bits per heavy atom. The molecular weight excluding hydrogens is 194 g/mol. The molecule has 0 amide bonds. The van der Waals surface area contributed by atoms with Crippen LogP contribution in [0.4, 0.5) is 0 Å². The summed E-state index contributed by atoms with van der Waals surface area (Å²) in [6.45, 7) is 2.06. The average Bonchev–Trinajstić information content (AvgIpc) is 2.15. The number of hydrogen-bond acceptors (Lipinski definition) is 2. The molecule has 0 radical (unpaired) electrons. The fraction of sp³-hybridized carbons (Fsp3) is 0.200. The van der Waals surface area contributed by atoms with Crippen molar-refractivity contribution in [3.8, 4) is 0 Å². The molecule has 74 valence electrons. The Labute approximate surface area is 89.0 Å². The lowest BCUT2D eigenvalue weighted by Gasteiger charge is -1.97. The third kappa shape index (κ3) is 4.00. The molecule has 3 nitrogen and oxygen atoms in total. The first kappa shape index (κ1) is 10.7. The van der Waals surface area contributed by atoms with E-state index in [4.69, 9.17) is 5.73 Å². The molecule has 0 fully saturated rings. The van der Waals surface area contributed by atoms with Gasteiger partial charge in [-0.15, -0.1) is 0 Å². The summed E-state index contributed by atoms with van der Waals surface area (Å²) in [7, 11) is 0. The summed E-state index contributed by atoms with van der Waals surface area (Å²) >= 11 is 4.60. The topological polar surface area (TPSA) is 50.4 Å². The fourth-order valence-electron chi connectivity index (χ4n) is 0.984. The van der Waals surface area contributed by atoms with E-state index in [1.807, 2.05) is 0 Å². The van der Waals surface area contributed by atoms with Gasteiger partial charge >= 0.3 is 0 Å². The van der Waals surface area contributed by atoms with Crippen LogP contribution in [-0.4, -0.2) is 11.3 Å². The first-order chi connectivity index (χ1) is 6.68. The number of aryl methyl sites for hydroxylation is 1. The SMILES string of the molecule is Cc1ccc(CC=NNC(N)=S)cc1. The van der Waals surface area contributed by atoms with Crippen molar-refractivity contribution in [3.63, 3.8) is 0 Å². The zero-order valence-corrected chi connectivity index (χ0v) is 8.84. The largest absolute Gasteiger partial charge is 0.375 e. The number of nitrogens with one attached hydrogen (secondary N) is 1. The predicted octanol–water partition coefficient (Wildman–Crippen LogP) is 1.36. The molecule has 1 rings (SSSR count). The van der Waals surface area contributed by atoms with Gasteiger partial charge in [-0.25, -0.2) is 0 Å². The van der Waals surface area contributed by atoms with Gasteiger partial charge in [0.25, 0.3) is 0 Å².